The predicted octanol–water partition coefficient (Wildman–Crippen LogP) is 12.7. The summed E-state index contributed by atoms with van der Waals surface area (Å²) in [5.74, 6) is 1.54. The van der Waals surface area contributed by atoms with E-state index in [0.717, 1.165) is 148 Å². The molecule has 1 unspecified atom stereocenters. The molecule has 32 heteroatoms. The molecule has 0 aliphatic carbocycles. The molecule has 2 aliphatic heterocycles. The summed E-state index contributed by atoms with van der Waals surface area (Å²) in [6, 6.07) is 27.8. The zero-order valence-electron chi connectivity index (χ0n) is 65.6. The van der Waals surface area contributed by atoms with Gasteiger partial charge in [-0.15, -0.1) is 0 Å². The molecule has 0 spiro atoms. The number of fused-ring (bicyclic) bond motifs is 15. The largest absolute Gasteiger partial charge is 0.384 e. The SMILES string of the molecule is COCCc1[nH]nc2c1c(=O)n(C[C@@H](C)CN)c1ccc(Cl)cc21.COCCc1[nH]nc2c1c(=O)n(C[C@H](C)CN)c1ccc(Cl)cc21.Cc1[nH]nc2c1c(=O)n(CC1CCCNC1)c1ccc(Cl)cc21.Cc1[nH]nc2c1c(=O)n(C[C@H](C)CN)c1ccc(Cl)cc21.Cc1[nH]nc2c1c(=O)n(C[C@H]1CCCNC1)c1ccc(Cl)cc21. The molecule has 5 aromatic carbocycles. The van der Waals surface area contributed by atoms with E-state index in [0.29, 0.717) is 157 Å². The van der Waals surface area contributed by atoms with Crippen LogP contribution in [0.2, 0.25) is 25.1 Å². The number of piperidine rings is 2. The lowest BCUT2D eigenvalue weighted by Crippen LogP contribution is -2.35. The Kier molecular flexibility index (Phi) is 26.8. The first-order valence-electron chi connectivity index (χ1n) is 38.8. The van der Waals surface area contributed by atoms with E-state index < -0.39 is 0 Å². The van der Waals surface area contributed by atoms with Crippen molar-refractivity contribution in [1.29, 1.82) is 0 Å². The topological polar surface area (TPSA) is 374 Å². The maximum absolute atomic E-state index is 13.1. The minimum atomic E-state index is -0.0556. The van der Waals surface area contributed by atoms with Crippen molar-refractivity contribution in [3.8, 4) is 0 Å². The van der Waals surface area contributed by atoms with Crippen LogP contribution in [-0.4, -0.2) is 147 Å². The first kappa shape index (κ1) is 83.6. The average molecular weight is 1660 g/mol. The van der Waals surface area contributed by atoms with Gasteiger partial charge in [-0.2, -0.15) is 25.5 Å². The summed E-state index contributed by atoms with van der Waals surface area (Å²) in [5, 5.41) is 54.0. The van der Waals surface area contributed by atoms with Crippen molar-refractivity contribution in [2.24, 2.45) is 46.8 Å². The van der Waals surface area contributed by atoms with Gasteiger partial charge in [0.05, 0.1) is 79.1 Å². The number of methoxy groups -OCH3 is 2. The number of aromatic nitrogens is 15. The van der Waals surface area contributed by atoms with Gasteiger partial charge in [-0.3, -0.25) is 49.5 Å². The third kappa shape index (κ3) is 17.6. The van der Waals surface area contributed by atoms with E-state index in [9.17, 15) is 24.0 Å². The molecule has 0 saturated carbocycles. The second-order valence-electron chi connectivity index (χ2n) is 30.4. The van der Waals surface area contributed by atoms with Crippen molar-refractivity contribution in [1.82, 2.24) is 84.5 Å². The summed E-state index contributed by atoms with van der Waals surface area (Å²) in [7, 11) is 3.27. The highest BCUT2D eigenvalue weighted by atomic mass is 35.5. The normalized spacial score (nSPS) is 15.3. The van der Waals surface area contributed by atoms with Crippen LogP contribution in [0.1, 0.15) is 74.9 Å². The van der Waals surface area contributed by atoms with Crippen LogP contribution in [0.15, 0.2) is 115 Å². The monoisotopic (exact) mass is 1660 g/mol. The van der Waals surface area contributed by atoms with Gasteiger partial charge in [0, 0.05) is 129 Å². The molecule has 15 aromatic rings. The second kappa shape index (κ2) is 36.9. The van der Waals surface area contributed by atoms with Gasteiger partial charge in [-0.05, 0) is 213 Å². The van der Waals surface area contributed by atoms with Crippen LogP contribution in [0.25, 0.3) is 109 Å². The van der Waals surface area contributed by atoms with Gasteiger partial charge in [0.15, 0.2) is 0 Å². The van der Waals surface area contributed by atoms with E-state index in [1.54, 1.807) is 46.1 Å². The molecule has 115 heavy (non-hydrogen) atoms. The van der Waals surface area contributed by atoms with Crippen LogP contribution in [0.4, 0.5) is 0 Å². The molecule has 5 atom stereocenters. The number of benzene rings is 5. The maximum atomic E-state index is 13.1. The Morgan fingerprint density at radius 1 is 0.400 bits per heavy atom. The quantitative estimate of drug-likeness (QED) is 0.0359. The van der Waals surface area contributed by atoms with E-state index in [1.807, 2.05) is 123 Å². The van der Waals surface area contributed by atoms with Gasteiger partial charge in [0.1, 0.15) is 27.6 Å². The molecule has 2 saturated heterocycles. The van der Waals surface area contributed by atoms with Gasteiger partial charge >= 0.3 is 0 Å². The van der Waals surface area contributed by atoms with Crippen molar-refractivity contribution in [3.63, 3.8) is 0 Å². The summed E-state index contributed by atoms with van der Waals surface area (Å²) in [6.45, 7) is 21.5. The number of hydrogen-bond acceptors (Lipinski definition) is 17. The molecule has 2 aliphatic rings. The van der Waals surface area contributed by atoms with Crippen molar-refractivity contribution in [3.05, 3.63) is 196 Å². The number of nitrogens with one attached hydrogen (secondary N) is 7. The Labute approximate surface area is 685 Å². The predicted molar refractivity (Wildman–Crippen MR) is 466 cm³/mol. The first-order chi connectivity index (χ1) is 55.4. The zero-order valence-corrected chi connectivity index (χ0v) is 69.4. The molecule has 17 rings (SSSR count). The van der Waals surface area contributed by atoms with E-state index in [-0.39, 0.29) is 45.6 Å². The second-order valence-corrected chi connectivity index (χ2v) is 32.6. The third-order valence-corrected chi connectivity index (χ3v) is 23.0. The summed E-state index contributed by atoms with van der Waals surface area (Å²) < 4.78 is 19.4. The molecular formula is C83H97Cl5N20O7. The standard InChI is InChI=1S/2C17H21ClN4O2.2C17H19ClN4O.C15H17ClN4O/c2*1-10(8-19)9-22-14-4-3-11(18)7-12(14)16-15(17(22)23)13(20-21-16)5-6-24-2;2*1-10-15-16(21-20-10)13-7-12(18)4-5-14(13)22(17(15)23)9-11-3-2-6-19-8-11;1-8(6-17)7-20-12-4-3-10(16)5-11(12)14-13(15(20)21)9(2)18-19-14/h2*3-4,7,10H,5-6,8-9,19H2,1-2H3,(H,20,21);2*4-5,7,11,19H,2-3,6,8-9H2,1H3,(H,20,21);3-5,8H,6-7,17H2,1-2H3,(H,18,19)/t2*10-;11-;;8-/m100.1/s1. The number of nitrogens with zero attached hydrogens (tertiary/aromatic N) is 10. The van der Waals surface area contributed by atoms with Crippen LogP contribution < -0.4 is 55.6 Å². The fraction of sp³-hybridized carbons (Fsp3) is 0.398. The molecule has 13 N–H and O–H groups in total. The molecule has 0 amide bonds. The van der Waals surface area contributed by atoms with Crippen molar-refractivity contribution in [2.75, 3.05) is 73.2 Å². The lowest BCUT2D eigenvalue weighted by atomic mass is 9.99. The summed E-state index contributed by atoms with van der Waals surface area (Å²) >= 11 is 30.8. The molecule has 0 bridgehead atoms. The number of halogens is 5. The minimum Gasteiger partial charge on any atom is -0.384 e. The Bertz CT molecular complexity index is 6090. The van der Waals surface area contributed by atoms with E-state index in [1.165, 1.54) is 0 Å². The Morgan fingerprint density at radius 3 is 0.930 bits per heavy atom. The number of H-pyrrole nitrogens is 5. The molecule has 606 valence electrons. The summed E-state index contributed by atoms with van der Waals surface area (Å²) in [4.78, 5) is 65.1. The zero-order chi connectivity index (χ0) is 81.6. The number of ether oxygens (including phenoxy) is 2. The van der Waals surface area contributed by atoms with Crippen LogP contribution >= 0.6 is 58.0 Å². The van der Waals surface area contributed by atoms with Crippen LogP contribution in [0.5, 0.6) is 0 Å². The van der Waals surface area contributed by atoms with Gasteiger partial charge in [0.2, 0.25) is 0 Å². The van der Waals surface area contributed by atoms with Gasteiger partial charge in [-0.25, -0.2) is 0 Å². The number of aromatic amines is 5. The Hall–Kier alpha value is -9.33. The molecule has 10 aromatic heterocycles. The van der Waals surface area contributed by atoms with Gasteiger partial charge in [0.25, 0.3) is 27.8 Å². The van der Waals surface area contributed by atoms with Crippen molar-refractivity contribution >= 4 is 167 Å². The number of aryl methyl sites for hydroxylation is 3. The van der Waals surface area contributed by atoms with Crippen LogP contribution in [0, 0.1) is 50.4 Å². The van der Waals surface area contributed by atoms with Crippen molar-refractivity contribution in [2.45, 2.75) is 113 Å². The Morgan fingerprint density at radius 2 is 0.661 bits per heavy atom. The fourth-order valence-electron chi connectivity index (χ4n) is 15.7. The maximum Gasteiger partial charge on any atom is 0.262 e. The molecule has 0 radical (unpaired) electrons. The number of pyridine rings is 5. The third-order valence-electron chi connectivity index (χ3n) is 21.8. The van der Waals surface area contributed by atoms with Crippen LogP contribution in [0.3, 0.4) is 0 Å². The smallest absolute Gasteiger partial charge is 0.262 e. The highest BCUT2D eigenvalue weighted by Crippen LogP contribution is 2.33. The van der Waals surface area contributed by atoms with E-state index >= 15 is 0 Å². The van der Waals surface area contributed by atoms with Crippen LogP contribution in [-0.2, 0) is 55.0 Å². The number of nitrogens with two attached hydrogens (primary N) is 3. The lowest BCUT2D eigenvalue weighted by molar-refractivity contribution is 0.201. The lowest BCUT2D eigenvalue weighted by Gasteiger charge is -2.24. The molecule has 27 nitrogen and oxygen atoms in total. The Balaban J connectivity index is 0.000000125. The number of rotatable bonds is 19. The molecular weight excluding hydrogens is 1570 g/mol. The van der Waals surface area contributed by atoms with E-state index in [4.69, 9.17) is 84.7 Å². The summed E-state index contributed by atoms with van der Waals surface area (Å²) in [5.41, 5.74) is 28.8. The van der Waals surface area contributed by atoms with E-state index in [2.05, 4.69) is 61.6 Å². The van der Waals surface area contributed by atoms with Crippen molar-refractivity contribution < 1.29 is 9.47 Å². The highest BCUT2D eigenvalue weighted by molar-refractivity contribution is 6.33. The molecule has 12 heterocycles. The average Bonchev–Trinajstić information content (AvgIpc) is 1.74. The van der Waals surface area contributed by atoms with Gasteiger partial charge < -0.3 is 60.1 Å². The van der Waals surface area contributed by atoms with Gasteiger partial charge in [-0.1, -0.05) is 78.8 Å². The summed E-state index contributed by atoms with van der Waals surface area (Å²) in [6.07, 6.45) is 5.82. The first-order valence-corrected chi connectivity index (χ1v) is 40.7. The molecule has 2 fully saturated rings. The fourth-order valence-corrected chi connectivity index (χ4v) is 16.5. The highest BCUT2D eigenvalue weighted by Gasteiger charge is 2.26. The minimum absolute atomic E-state index is 0.0339. The number of hydrogen-bond donors (Lipinski definition) is 10.